The first-order valence-electron chi connectivity index (χ1n) is 5.53. The summed E-state index contributed by atoms with van der Waals surface area (Å²) >= 11 is 5.52. The van der Waals surface area contributed by atoms with Gasteiger partial charge in [-0.2, -0.15) is 0 Å². The molecule has 0 unspecified atom stereocenters. The van der Waals surface area contributed by atoms with Crippen LogP contribution in [0.15, 0.2) is 46.9 Å². The molecule has 5 heteroatoms. The van der Waals surface area contributed by atoms with Gasteiger partial charge in [0.1, 0.15) is 6.61 Å². The number of benzene rings is 2. The van der Waals surface area contributed by atoms with E-state index in [0.717, 1.165) is 9.13 Å². The molecule has 0 bridgehead atoms. The van der Waals surface area contributed by atoms with Crippen molar-refractivity contribution in [3.63, 3.8) is 0 Å². The Bertz CT molecular complexity index is 599. The van der Waals surface area contributed by atoms with Crippen molar-refractivity contribution in [2.75, 3.05) is 5.73 Å². The summed E-state index contributed by atoms with van der Waals surface area (Å²) in [4.78, 5) is 11.9. The molecule has 0 spiro atoms. The normalized spacial score (nSPS) is 10.2. The van der Waals surface area contributed by atoms with Crippen molar-refractivity contribution in [2.45, 2.75) is 6.61 Å². The van der Waals surface area contributed by atoms with Gasteiger partial charge in [0.25, 0.3) is 0 Å². The SMILES string of the molecule is Nc1cccc(C(=O)OCc2ccc(I)cc2)c1Br. The minimum atomic E-state index is -0.391. The van der Waals surface area contributed by atoms with E-state index in [1.54, 1.807) is 18.2 Å². The summed E-state index contributed by atoms with van der Waals surface area (Å²) in [5, 5.41) is 0. The first kappa shape index (κ1) is 14.3. The lowest BCUT2D eigenvalue weighted by molar-refractivity contribution is 0.0471. The zero-order chi connectivity index (χ0) is 13.8. The number of nitrogens with two attached hydrogens (primary N) is 1. The monoisotopic (exact) mass is 431 g/mol. The van der Waals surface area contributed by atoms with Crippen LogP contribution in [-0.2, 0) is 11.3 Å². The maximum atomic E-state index is 11.9. The Morgan fingerprint density at radius 2 is 1.89 bits per heavy atom. The summed E-state index contributed by atoms with van der Waals surface area (Å²) in [6, 6.07) is 12.9. The molecule has 0 fully saturated rings. The smallest absolute Gasteiger partial charge is 0.339 e. The standard InChI is InChI=1S/C14H11BrINO2/c15-13-11(2-1-3-12(13)17)14(18)19-8-9-4-6-10(16)7-5-9/h1-7H,8,17H2. The number of esters is 1. The van der Waals surface area contributed by atoms with Gasteiger partial charge in [0.2, 0.25) is 0 Å². The van der Waals surface area contributed by atoms with Crippen molar-refractivity contribution in [3.05, 3.63) is 61.6 Å². The zero-order valence-corrected chi connectivity index (χ0v) is 13.6. The topological polar surface area (TPSA) is 52.3 Å². The minimum absolute atomic E-state index is 0.247. The van der Waals surface area contributed by atoms with Gasteiger partial charge in [-0.25, -0.2) is 4.79 Å². The third kappa shape index (κ3) is 3.70. The fourth-order valence-electron chi connectivity index (χ4n) is 1.51. The third-order valence-corrected chi connectivity index (χ3v) is 4.14. The fourth-order valence-corrected chi connectivity index (χ4v) is 2.30. The van der Waals surface area contributed by atoms with E-state index in [2.05, 4.69) is 38.5 Å². The number of nitrogen functional groups attached to an aromatic ring is 1. The van der Waals surface area contributed by atoms with Crippen molar-refractivity contribution in [1.82, 2.24) is 0 Å². The van der Waals surface area contributed by atoms with Gasteiger partial charge in [0.05, 0.1) is 10.0 Å². The Labute approximate surface area is 133 Å². The molecule has 98 valence electrons. The van der Waals surface area contributed by atoms with Crippen LogP contribution in [0.5, 0.6) is 0 Å². The second-order valence-corrected chi connectivity index (χ2v) is 5.95. The van der Waals surface area contributed by atoms with Gasteiger partial charge in [-0.3, -0.25) is 0 Å². The van der Waals surface area contributed by atoms with Gasteiger partial charge in [-0.15, -0.1) is 0 Å². The number of hydrogen-bond donors (Lipinski definition) is 1. The lowest BCUT2D eigenvalue weighted by atomic mass is 10.2. The minimum Gasteiger partial charge on any atom is -0.457 e. The molecule has 0 aliphatic carbocycles. The van der Waals surface area contributed by atoms with Gasteiger partial charge < -0.3 is 10.5 Å². The molecule has 0 saturated heterocycles. The molecule has 0 aliphatic heterocycles. The number of halogens is 2. The number of hydrogen-bond acceptors (Lipinski definition) is 3. The number of ether oxygens (including phenoxy) is 1. The average Bonchev–Trinajstić information content (AvgIpc) is 2.41. The summed E-state index contributed by atoms with van der Waals surface area (Å²) in [5.74, 6) is -0.391. The van der Waals surface area contributed by atoms with Crippen molar-refractivity contribution in [1.29, 1.82) is 0 Å². The largest absolute Gasteiger partial charge is 0.457 e. The summed E-state index contributed by atoms with van der Waals surface area (Å²) in [5.41, 5.74) is 7.63. The quantitative estimate of drug-likeness (QED) is 0.454. The maximum Gasteiger partial charge on any atom is 0.339 e. The molecule has 3 nitrogen and oxygen atoms in total. The van der Waals surface area contributed by atoms with Gasteiger partial charge in [-0.1, -0.05) is 18.2 Å². The van der Waals surface area contributed by atoms with Crippen LogP contribution in [0.25, 0.3) is 0 Å². The second-order valence-electron chi connectivity index (χ2n) is 3.91. The average molecular weight is 432 g/mol. The zero-order valence-electron chi connectivity index (χ0n) is 9.90. The molecule has 0 aromatic heterocycles. The Kier molecular flexibility index (Phi) is 4.81. The Hall–Kier alpha value is -1.08. The van der Waals surface area contributed by atoms with Gasteiger partial charge in [-0.05, 0) is 68.3 Å². The molecule has 2 aromatic rings. The van der Waals surface area contributed by atoms with Gasteiger partial charge >= 0.3 is 5.97 Å². The lowest BCUT2D eigenvalue weighted by Gasteiger charge is -2.08. The number of anilines is 1. The molecular formula is C14H11BrINO2. The lowest BCUT2D eigenvalue weighted by Crippen LogP contribution is -2.07. The molecule has 0 radical (unpaired) electrons. The number of carbonyl (C=O) groups excluding carboxylic acids is 1. The third-order valence-electron chi connectivity index (χ3n) is 2.53. The summed E-state index contributed by atoms with van der Waals surface area (Å²) in [6.07, 6.45) is 0. The van der Waals surface area contributed by atoms with Gasteiger partial charge in [0.15, 0.2) is 0 Å². The predicted octanol–water partition coefficient (Wildman–Crippen LogP) is 3.99. The Morgan fingerprint density at radius 1 is 1.21 bits per heavy atom. The Balaban J connectivity index is 2.05. The molecule has 0 saturated carbocycles. The van der Waals surface area contributed by atoms with Crippen molar-refractivity contribution < 1.29 is 9.53 Å². The van der Waals surface area contributed by atoms with Crippen LogP contribution in [0.1, 0.15) is 15.9 Å². The van der Waals surface area contributed by atoms with Crippen LogP contribution in [-0.4, -0.2) is 5.97 Å². The highest BCUT2D eigenvalue weighted by Gasteiger charge is 2.13. The molecular weight excluding hydrogens is 421 g/mol. The molecule has 0 heterocycles. The molecule has 0 amide bonds. The molecule has 19 heavy (non-hydrogen) atoms. The predicted molar refractivity (Wildman–Crippen MR) is 86.8 cm³/mol. The first-order valence-corrected chi connectivity index (χ1v) is 7.40. The van der Waals surface area contributed by atoms with E-state index in [9.17, 15) is 4.79 Å². The maximum absolute atomic E-state index is 11.9. The van der Waals surface area contributed by atoms with Crippen molar-refractivity contribution in [3.8, 4) is 0 Å². The van der Waals surface area contributed by atoms with Gasteiger partial charge in [0, 0.05) is 9.26 Å². The van der Waals surface area contributed by atoms with Crippen LogP contribution in [0.3, 0.4) is 0 Å². The van der Waals surface area contributed by atoms with Crippen molar-refractivity contribution >= 4 is 50.2 Å². The van der Waals surface area contributed by atoms with E-state index in [0.29, 0.717) is 15.7 Å². The summed E-state index contributed by atoms with van der Waals surface area (Å²) in [6.45, 7) is 0.247. The Morgan fingerprint density at radius 3 is 2.58 bits per heavy atom. The number of carbonyl (C=O) groups is 1. The molecule has 2 aromatic carbocycles. The summed E-state index contributed by atoms with van der Waals surface area (Å²) < 4.78 is 6.98. The fraction of sp³-hybridized carbons (Fsp3) is 0.0714. The first-order chi connectivity index (χ1) is 9.08. The highest BCUT2D eigenvalue weighted by atomic mass is 127. The van der Waals surface area contributed by atoms with E-state index in [1.807, 2.05) is 24.3 Å². The van der Waals surface area contributed by atoms with Crippen LogP contribution >= 0.6 is 38.5 Å². The summed E-state index contributed by atoms with van der Waals surface area (Å²) in [7, 11) is 0. The highest BCUT2D eigenvalue weighted by molar-refractivity contribution is 14.1. The van der Waals surface area contributed by atoms with Crippen LogP contribution in [0.2, 0.25) is 0 Å². The molecule has 2 rings (SSSR count). The van der Waals surface area contributed by atoms with Crippen LogP contribution in [0.4, 0.5) is 5.69 Å². The molecule has 2 N–H and O–H groups in total. The highest BCUT2D eigenvalue weighted by Crippen LogP contribution is 2.24. The number of rotatable bonds is 3. The van der Waals surface area contributed by atoms with Crippen molar-refractivity contribution in [2.24, 2.45) is 0 Å². The van der Waals surface area contributed by atoms with Crippen LogP contribution < -0.4 is 5.73 Å². The molecule has 0 atom stereocenters. The van der Waals surface area contributed by atoms with Crippen LogP contribution in [0, 0.1) is 3.57 Å². The van der Waals surface area contributed by atoms with E-state index < -0.39 is 5.97 Å². The van der Waals surface area contributed by atoms with E-state index in [4.69, 9.17) is 10.5 Å². The second kappa shape index (κ2) is 6.38. The van der Waals surface area contributed by atoms with E-state index in [1.165, 1.54) is 0 Å². The molecule has 0 aliphatic rings. The van der Waals surface area contributed by atoms with E-state index in [-0.39, 0.29) is 6.61 Å². The van der Waals surface area contributed by atoms with E-state index >= 15 is 0 Å².